The number of nitrogens with two attached hydrogens (primary N) is 1. The van der Waals surface area contributed by atoms with E-state index < -0.39 is 5.95 Å². The van der Waals surface area contributed by atoms with Crippen molar-refractivity contribution in [3.05, 3.63) is 42.3 Å². The highest BCUT2D eigenvalue weighted by molar-refractivity contribution is 5.59. The van der Waals surface area contributed by atoms with Crippen molar-refractivity contribution in [3.8, 4) is 11.3 Å². The first-order valence-electron chi connectivity index (χ1n) is 4.11. The zero-order chi connectivity index (χ0) is 9.97. The maximum absolute atomic E-state index is 12.9. The molecule has 0 aliphatic rings. The molecule has 4 heteroatoms. The lowest BCUT2D eigenvalue weighted by atomic mass is 10.1. The molecule has 1 aromatic heterocycles. The van der Waals surface area contributed by atoms with Crippen molar-refractivity contribution in [1.29, 1.82) is 0 Å². The quantitative estimate of drug-likeness (QED) is 0.696. The number of aromatic nitrogens is 2. The van der Waals surface area contributed by atoms with Gasteiger partial charge in [-0.25, -0.2) is 4.98 Å². The fourth-order valence-corrected chi connectivity index (χ4v) is 1.19. The van der Waals surface area contributed by atoms with E-state index in [0.717, 1.165) is 5.56 Å². The van der Waals surface area contributed by atoms with Crippen LogP contribution >= 0.6 is 0 Å². The normalized spacial score (nSPS) is 10.1. The van der Waals surface area contributed by atoms with Crippen LogP contribution in [0.5, 0.6) is 0 Å². The SMILES string of the molecule is Nc1nc(F)cc(-c2ccccc2)n1. The van der Waals surface area contributed by atoms with Crippen LogP contribution in [0, 0.1) is 5.95 Å². The van der Waals surface area contributed by atoms with E-state index in [9.17, 15) is 4.39 Å². The predicted molar refractivity (Wildman–Crippen MR) is 51.8 cm³/mol. The van der Waals surface area contributed by atoms with Crippen molar-refractivity contribution >= 4 is 5.95 Å². The summed E-state index contributed by atoms with van der Waals surface area (Å²) in [6, 6.07) is 10.5. The molecular weight excluding hydrogens is 181 g/mol. The third-order valence-corrected chi connectivity index (χ3v) is 1.78. The fourth-order valence-electron chi connectivity index (χ4n) is 1.19. The molecule has 0 bridgehead atoms. The molecule has 0 unspecified atom stereocenters. The van der Waals surface area contributed by atoms with Crippen LogP contribution in [0.2, 0.25) is 0 Å². The summed E-state index contributed by atoms with van der Waals surface area (Å²) in [6.45, 7) is 0. The number of nitrogens with zero attached hydrogens (tertiary/aromatic N) is 2. The standard InChI is InChI=1S/C10H8FN3/c11-9-6-8(13-10(12)14-9)7-4-2-1-3-5-7/h1-6H,(H2,12,13,14). The second kappa shape index (κ2) is 3.41. The molecule has 2 aromatic rings. The van der Waals surface area contributed by atoms with E-state index in [1.807, 2.05) is 30.3 Å². The van der Waals surface area contributed by atoms with Gasteiger partial charge in [-0.05, 0) is 0 Å². The summed E-state index contributed by atoms with van der Waals surface area (Å²) < 4.78 is 12.9. The lowest BCUT2D eigenvalue weighted by molar-refractivity contribution is 0.583. The number of hydrogen-bond acceptors (Lipinski definition) is 3. The molecule has 0 spiro atoms. The smallest absolute Gasteiger partial charge is 0.223 e. The number of anilines is 1. The van der Waals surface area contributed by atoms with Crippen LogP contribution in [0.25, 0.3) is 11.3 Å². The summed E-state index contributed by atoms with van der Waals surface area (Å²) in [5.74, 6) is -0.666. The van der Waals surface area contributed by atoms with Gasteiger partial charge >= 0.3 is 0 Å². The Balaban J connectivity index is 2.52. The van der Waals surface area contributed by atoms with Gasteiger partial charge in [-0.15, -0.1) is 0 Å². The topological polar surface area (TPSA) is 51.8 Å². The molecule has 0 saturated heterocycles. The number of nitrogen functional groups attached to an aromatic ring is 1. The molecule has 0 amide bonds. The highest BCUT2D eigenvalue weighted by Crippen LogP contribution is 2.17. The van der Waals surface area contributed by atoms with Crippen molar-refractivity contribution in [2.45, 2.75) is 0 Å². The van der Waals surface area contributed by atoms with E-state index in [1.54, 1.807) is 0 Å². The van der Waals surface area contributed by atoms with Gasteiger partial charge in [0.1, 0.15) is 0 Å². The average molecular weight is 189 g/mol. The molecule has 1 heterocycles. The lowest BCUT2D eigenvalue weighted by Gasteiger charge is -2.00. The van der Waals surface area contributed by atoms with E-state index in [2.05, 4.69) is 9.97 Å². The van der Waals surface area contributed by atoms with E-state index in [1.165, 1.54) is 6.07 Å². The summed E-state index contributed by atoms with van der Waals surface area (Å²) in [5.41, 5.74) is 6.65. The van der Waals surface area contributed by atoms with Crippen molar-refractivity contribution in [2.24, 2.45) is 0 Å². The van der Waals surface area contributed by atoms with Crippen LogP contribution in [0.15, 0.2) is 36.4 Å². The molecule has 2 N–H and O–H groups in total. The number of benzene rings is 1. The minimum absolute atomic E-state index is 0.0520. The molecule has 14 heavy (non-hydrogen) atoms. The molecule has 0 aliphatic heterocycles. The molecule has 1 aromatic carbocycles. The highest BCUT2D eigenvalue weighted by Gasteiger charge is 2.02. The van der Waals surface area contributed by atoms with Crippen LogP contribution < -0.4 is 5.73 Å². The van der Waals surface area contributed by atoms with Gasteiger partial charge < -0.3 is 5.73 Å². The van der Waals surface area contributed by atoms with Crippen molar-refractivity contribution in [2.75, 3.05) is 5.73 Å². The van der Waals surface area contributed by atoms with Gasteiger partial charge in [0, 0.05) is 11.6 Å². The molecule has 0 radical (unpaired) electrons. The minimum atomic E-state index is -0.614. The Morgan fingerprint density at radius 2 is 1.79 bits per heavy atom. The Morgan fingerprint density at radius 3 is 2.43 bits per heavy atom. The summed E-state index contributed by atoms with van der Waals surface area (Å²) in [4.78, 5) is 7.29. The van der Waals surface area contributed by atoms with E-state index in [0.29, 0.717) is 5.69 Å². The summed E-state index contributed by atoms with van der Waals surface area (Å²) in [7, 11) is 0. The van der Waals surface area contributed by atoms with Crippen molar-refractivity contribution in [1.82, 2.24) is 9.97 Å². The summed E-state index contributed by atoms with van der Waals surface area (Å²) in [6.07, 6.45) is 0. The first-order valence-corrected chi connectivity index (χ1v) is 4.11. The molecule has 0 saturated carbocycles. The van der Waals surface area contributed by atoms with Gasteiger partial charge in [-0.3, -0.25) is 0 Å². The Hall–Kier alpha value is -1.97. The van der Waals surface area contributed by atoms with Crippen molar-refractivity contribution in [3.63, 3.8) is 0 Å². The molecule has 3 nitrogen and oxygen atoms in total. The number of rotatable bonds is 1. The maximum atomic E-state index is 12.9. The van der Waals surface area contributed by atoms with E-state index >= 15 is 0 Å². The zero-order valence-corrected chi connectivity index (χ0v) is 7.31. The lowest BCUT2D eigenvalue weighted by Crippen LogP contribution is -1.98. The van der Waals surface area contributed by atoms with Gasteiger partial charge in [0.15, 0.2) is 0 Å². The molecule has 70 valence electrons. The van der Waals surface area contributed by atoms with E-state index in [4.69, 9.17) is 5.73 Å². The Labute approximate surface area is 80.4 Å². The number of hydrogen-bond donors (Lipinski definition) is 1. The van der Waals surface area contributed by atoms with Crippen LogP contribution in [-0.2, 0) is 0 Å². The Bertz CT molecular complexity index is 422. The third kappa shape index (κ3) is 1.69. The monoisotopic (exact) mass is 189 g/mol. The Morgan fingerprint density at radius 1 is 1.07 bits per heavy atom. The van der Waals surface area contributed by atoms with Crippen LogP contribution in [0.3, 0.4) is 0 Å². The molecule has 2 rings (SSSR count). The molecule has 0 aliphatic carbocycles. The van der Waals surface area contributed by atoms with Crippen LogP contribution in [-0.4, -0.2) is 9.97 Å². The average Bonchev–Trinajstić information content (AvgIpc) is 2.18. The first-order chi connectivity index (χ1) is 6.75. The minimum Gasteiger partial charge on any atom is -0.368 e. The van der Waals surface area contributed by atoms with Gasteiger partial charge in [-0.1, -0.05) is 30.3 Å². The summed E-state index contributed by atoms with van der Waals surface area (Å²) in [5, 5.41) is 0. The third-order valence-electron chi connectivity index (χ3n) is 1.78. The van der Waals surface area contributed by atoms with Gasteiger partial charge in [-0.2, -0.15) is 9.37 Å². The largest absolute Gasteiger partial charge is 0.368 e. The van der Waals surface area contributed by atoms with Crippen LogP contribution in [0.1, 0.15) is 0 Å². The van der Waals surface area contributed by atoms with Gasteiger partial charge in [0.2, 0.25) is 11.9 Å². The molecule has 0 fully saturated rings. The van der Waals surface area contributed by atoms with Gasteiger partial charge in [0.05, 0.1) is 5.69 Å². The first kappa shape index (κ1) is 8.62. The maximum Gasteiger partial charge on any atom is 0.223 e. The predicted octanol–water partition coefficient (Wildman–Crippen LogP) is 1.86. The molecular formula is C10H8FN3. The highest BCUT2D eigenvalue weighted by atomic mass is 19.1. The van der Waals surface area contributed by atoms with Crippen LogP contribution in [0.4, 0.5) is 10.3 Å². The Kier molecular flexibility index (Phi) is 2.10. The number of halogens is 1. The van der Waals surface area contributed by atoms with Gasteiger partial charge in [0.25, 0.3) is 0 Å². The fraction of sp³-hybridized carbons (Fsp3) is 0. The van der Waals surface area contributed by atoms with E-state index in [-0.39, 0.29) is 5.95 Å². The molecule has 0 atom stereocenters. The zero-order valence-electron chi connectivity index (χ0n) is 7.31. The van der Waals surface area contributed by atoms with Crippen molar-refractivity contribution < 1.29 is 4.39 Å². The second-order valence-electron chi connectivity index (χ2n) is 2.80. The summed E-state index contributed by atoms with van der Waals surface area (Å²) >= 11 is 0. The second-order valence-corrected chi connectivity index (χ2v) is 2.80.